The van der Waals surface area contributed by atoms with Crippen molar-refractivity contribution in [3.8, 4) is 0 Å². The first-order chi connectivity index (χ1) is 14.0. The van der Waals surface area contributed by atoms with Crippen molar-refractivity contribution in [3.63, 3.8) is 0 Å². The van der Waals surface area contributed by atoms with Crippen LogP contribution in [0.5, 0.6) is 0 Å². The second-order valence-corrected chi connectivity index (χ2v) is 8.69. The van der Waals surface area contributed by atoms with E-state index in [0.29, 0.717) is 23.9 Å². The summed E-state index contributed by atoms with van der Waals surface area (Å²) in [7, 11) is 0. The summed E-state index contributed by atoms with van der Waals surface area (Å²) in [5.41, 5.74) is 2.26. The highest BCUT2D eigenvalue weighted by molar-refractivity contribution is 8.15. The van der Waals surface area contributed by atoms with Gasteiger partial charge in [0.2, 0.25) is 5.91 Å². The normalized spacial score (nSPS) is 13.9. The molecule has 0 spiro atoms. The van der Waals surface area contributed by atoms with Crippen molar-refractivity contribution < 1.29 is 14.3 Å². The van der Waals surface area contributed by atoms with E-state index in [1.807, 2.05) is 54.8 Å². The Hall–Kier alpha value is -2.58. The van der Waals surface area contributed by atoms with Crippen LogP contribution in [-0.4, -0.2) is 28.8 Å². The van der Waals surface area contributed by atoms with Crippen LogP contribution in [0, 0.1) is 0 Å². The van der Waals surface area contributed by atoms with Crippen LogP contribution >= 0.6 is 23.1 Å². The van der Waals surface area contributed by atoms with Gasteiger partial charge in [0, 0.05) is 10.6 Å². The number of carbonyl (C=O) groups is 2. The van der Waals surface area contributed by atoms with Gasteiger partial charge in [-0.25, -0.2) is 4.99 Å². The summed E-state index contributed by atoms with van der Waals surface area (Å²) < 4.78 is 5.07. The van der Waals surface area contributed by atoms with Crippen LogP contribution in [0.2, 0.25) is 0 Å². The highest BCUT2D eigenvalue weighted by Gasteiger charge is 2.19. The van der Waals surface area contributed by atoms with E-state index in [9.17, 15) is 9.59 Å². The lowest BCUT2D eigenvalue weighted by atomic mass is 10.2. The summed E-state index contributed by atoms with van der Waals surface area (Å²) in [6, 6.07) is 11.6. The predicted molar refractivity (Wildman–Crippen MR) is 120 cm³/mol. The summed E-state index contributed by atoms with van der Waals surface area (Å²) in [4.78, 5) is 30.2. The third-order valence-electron chi connectivity index (χ3n) is 4.05. The molecule has 2 N–H and O–H groups in total. The second-order valence-electron chi connectivity index (χ2n) is 6.30. The van der Waals surface area contributed by atoms with Gasteiger partial charge in [-0.05, 0) is 43.5 Å². The Morgan fingerprint density at radius 1 is 1.28 bits per heavy atom. The standard InChI is InChI=1S/C21H23N3O3S2/c1-3-27-20(25)12-15-11-19(24-18-9-5-4-8-17(18)23-15)29-14(2)21(26)22-13-16-7-6-10-28-16/h4-11,14,23H,3,12-13H2,1-2H3,(H,22,26)/t14-/m0/s1. The van der Waals surface area contributed by atoms with Crippen LogP contribution in [0.15, 0.2) is 58.5 Å². The smallest absolute Gasteiger partial charge is 0.311 e. The molecule has 0 radical (unpaired) electrons. The number of nitrogens with zero attached hydrogens (tertiary/aromatic N) is 1. The van der Waals surface area contributed by atoms with Gasteiger partial charge >= 0.3 is 5.97 Å². The number of nitrogens with one attached hydrogen (secondary N) is 2. The second kappa shape index (κ2) is 10.3. The molecule has 1 aromatic heterocycles. The lowest BCUT2D eigenvalue weighted by molar-refractivity contribution is -0.142. The molecule has 2 aromatic rings. The Balaban J connectivity index is 1.72. The van der Waals surface area contributed by atoms with Crippen molar-refractivity contribution in [2.24, 2.45) is 4.99 Å². The summed E-state index contributed by atoms with van der Waals surface area (Å²) in [6.45, 7) is 4.48. The number of para-hydroxylation sites is 2. The highest BCUT2D eigenvalue weighted by Crippen LogP contribution is 2.32. The molecule has 152 valence electrons. The average Bonchev–Trinajstić information content (AvgIpc) is 3.15. The van der Waals surface area contributed by atoms with E-state index in [2.05, 4.69) is 15.6 Å². The van der Waals surface area contributed by atoms with Crippen LogP contribution in [0.4, 0.5) is 11.4 Å². The molecule has 29 heavy (non-hydrogen) atoms. The molecule has 3 rings (SSSR count). The highest BCUT2D eigenvalue weighted by atomic mass is 32.2. The predicted octanol–water partition coefficient (Wildman–Crippen LogP) is 4.48. The zero-order valence-corrected chi connectivity index (χ0v) is 17.9. The molecule has 1 aliphatic rings. The van der Waals surface area contributed by atoms with Crippen LogP contribution in [-0.2, 0) is 20.9 Å². The van der Waals surface area contributed by atoms with E-state index in [1.54, 1.807) is 18.3 Å². The Morgan fingerprint density at radius 3 is 2.86 bits per heavy atom. The molecule has 0 saturated carbocycles. The van der Waals surface area contributed by atoms with Gasteiger partial charge in [0.05, 0.1) is 41.2 Å². The number of aliphatic imine (C=N–C) groups is 1. The van der Waals surface area contributed by atoms with Crippen LogP contribution in [0.25, 0.3) is 0 Å². The van der Waals surface area contributed by atoms with E-state index in [4.69, 9.17) is 4.74 Å². The maximum atomic E-state index is 12.5. The van der Waals surface area contributed by atoms with E-state index >= 15 is 0 Å². The number of anilines is 1. The van der Waals surface area contributed by atoms with E-state index in [1.165, 1.54) is 11.8 Å². The maximum absolute atomic E-state index is 12.5. The number of carbonyl (C=O) groups excluding carboxylic acids is 2. The van der Waals surface area contributed by atoms with Gasteiger partial charge in [-0.1, -0.05) is 30.0 Å². The van der Waals surface area contributed by atoms with Crippen molar-refractivity contribution in [2.75, 3.05) is 11.9 Å². The molecule has 0 aliphatic carbocycles. The minimum Gasteiger partial charge on any atom is -0.466 e. The number of thiophene rings is 1. The Kier molecular flexibility index (Phi) is 7.48. The first-order valence-corrected chi connectivity index (χ1v) is 11.1. The van der Waals surface area contributed by atoms with Crippen molar-refractivity contribution in [1.29, 1.82) is 0 Å². The topological polar surface area (TPSA) is 79.8 Å². The molecule has 1 aliphatic heterocycles. The fourth-order valence-corrected chi connectivity index (χ4v) is 4.23. The molecular formula is C21H23N3O3S2. The van der Waals surface area contributed by atoms with Gasteiger partial charge < -0.3 is 15.4 Å². The number of benzene rings is 1. The molecule has 1 aromatic carbocycles. The Bertz CT molecular complexity index is 923. The van der Waals surface area contributed by atoms with Crippen molar-refractivity contribution >= 4 is 51.4 Å². The SMILES string of the molecule is CCOC(=O)CC1=CC(S[C@@H](C)C(=O)NCc2cccs2)=Nc2ccccc2N1. The van der Waals surface area contributed by atoms with Gasteiger partial charge in [-0.15, -0.1) is 11.3 Å². The number of hydrogen-bond donors (Lipinski definition) is 2. The third kappa shape index (κ3) is 6.20. The molecule has 1 amide bonds. The number of thioether (sulfide) groups is 1. The van der Waals surface area contributed by atoms with Crippen molar-refractivity contribution in [2.45, 2.75) is 32.1 Å². The van der Waals surface area contributed by atoms with Gasteiger partial charge in [-0.2, -0.15) is 0 Å². The number of rotatable bonds is 7. The molecule has 0 bridgehead atoms. The first-order valence-electron chi connectivity index (χ1n) is 9.33. The molecular weight excluding hydrogens is 406 g/mol. The van der Waals surface area contributed by atoms with Gasteiger partial charge in [0.15, 0.2) is 0 Å². The van der Waals surface area contributed by atoms with Crippen LogP contribution in [0.1, 0.15) is 25.1 Å². The molecule has 2 heterocycles. The molecule has 6 nitrogen and oxygen atoms in total. The number of amides is 1. The minimum atomic E-state index is -0.334. The maximum Gasteiger partial charge on any atom is 0.311 e. The van der Waals surface area contributed by atoms with Gasteiger partial charge in [0.1, 0.15) is 0 Å². The average molecular weight is 430 g/mol. The summed E-state index contributed by atoms with van der Waals surface area (Å²) >= 11 is 2.97. The first kappa shape index (κ1) is 21.1. The van der Waals surface area contributed by atoms with E-state index < -0.39 is 0 Å². The van der Waals surface area contributed by atoms with Gasteiger partial charge in [0.25, 0.3) is 0 Å². The molecule has 0 fully saturated rings. The van der Waals surface area contributed by atoms with Crippen molar-refractivity contribution in [3.05, 3.63) is 58.4 Å². The third-order valence-corrected chi connectivity index (χ3v) is 5.95. The largest absolute Gasteiger partial charge is 0.466 e. The number of ether oxygens (including phenoxy) is 1. The number of esters is 1. The molecule has 0 unspecified atom stereocenters. The zero-order valence-electron chi connectivity index (χ0n) is 16.3. The van der Waals surface area contributed by atoms with Crippen LogP contribution < -0.4 is 10.6 Å². The van der Waals surface area contributed by atoms with Gasteiger partial charge in [-0.3, -0.25) is 9.59 Å². The lowest BCUT2D eigenvalue weighted by Gasteiger charge is -2.12. The monoisotopic (exact) mass is 429 g/mol. The molecule has 1 atom stereocenters. The fraction of sp³-hybridized carbons (Fsp3) is 0.286. The Morgan fingerprint density at radius 2 is 2.10 bits per heavy atom. The summed E-state index contributed by atoms with van der Waals surface area (Å²) in [5, 5.41) is 8.53. The Labute approximate surface area is 178 Å². The number of fused-ring (bicyclic) bond motifs is 1. The molecule has 8 heteroatoms. The molecule has 0 saturated heterocycles. The number of hydrogen-bond acceptors (Lipinski definition) is 7. The van der Waals surface area contributed by atoms with E-state index in [0.717, 1.165) is 16.3 Å². The van der Waals surface area contributed by atoms with Crippen molar-refractivity contribution in [1.82, 2.24) is 5.32 Å². The summed E-state index contributed by atoms with van der Waals surface area (Å²) in [6.07, 6.45) is 1.92. The lowest BCUT2D eigenvalue weighted by Crippen LogP contribution is -2.30. The minimum absolute atomic E-state index is 0.0584. The summed E-state index contributed by atoms with van der Waals surface area (Å²) in [5.74, 6) is -0.367. The quantitative estimate of drug-likeness (QED) is 0.635. The fourth-order valence-electron chi connectivity index (χ4n) is 2.67. The van der Waals surface area contributed by atoms with Crippen LogP contribution in [0.3, 0.4) is 0 Å². The zero-order chi connectivity index (χ0) is 20.6. The van der Waals surface area contributed by atoms with E-state index in [-0.39, 0.29) is 23.5 Å².